The molecule has 7 nitrogen and oxygen atoms in total. The van der Waals surface area contributed by atoms with Gasteiger partial charge >= 0.3 is 12.1 Å². The molecule has 0 spiro atoms. The van der Waals surface area contributed by atoms with Gasteiger partial charge in [-0.25, -0.2) is 9.59 Å². The quantitative estimate of drug-likeness (QED) is 0.392. The fourth-order valence-electron chi connectivity index (χ4n) is 4.10. The first-order chi connectivity index (χ1) is 16.5. The highest BCUT2D eigenvalue weighted by Crippen LogP contribution is 2.44. The predicted octanol–water partition coefficient (Wildman–Crippen LogP) is 4.18. The Hall–Kier alpha value is -3.26. The molecule has 0 fully saturated rings. The normalized spacial score (nSPS) is 13.8. The van der Waals surface area contributed by atoms with Crippen molar-refractivity contribution in [2.24, 2.45) is 0 Å². The monoisotopic (exact) mass is 482 g/mol. The molecule has 34 heavy (non-hydrogen) atoms. The number of carboxylic acids is 1. The van der Waals surface area contributed by atoms with Crippen molar-refractivity contribution in [2.45, 2.75) is 37.3 Å². The maximum Gasteiger partial charge on any atom is 0.407 e. The minimum absolute atomic E-state index is 0.0908. The van der Waals surface area contributed by atoms with Gasteiger partial charge in [-0.2, -0.15) is 11.8 Å². The van der Waals surface area contributed by atoms with Crippen LogP contribution in [0.4, 0.5) is 4.79 Å². The van der Waals surface area contributed by atoms with E-state index in [0.29, 0.717) is 18.6 Å². The lowest BCUT2D eigenvalue weighted by Gasteiger charge is -2.21. The van der Waals surface area contributed by atoms with E-state index in [1.165, 1.54) is 11.8 Å². The molecule has 1 aliphatic carbocycles. The SMILES string of the molecule is C=CCCC(NC(=O)[C@@H](CCSC)NC(=O)OCC1c2ccccc2-c2ccccc21)C(=O)O. The van der Waals surface area contributed by atoms with Crippen LogP contribution in [0.5, 0.6) is 0 Å². The van der Waals surface area contributed by atoms with Crippen molar-refractivity contribution in [3.63, 3.8) is 0 Å². The van der Waals surface area contributed by atoms with Crippen molar-refractivity contribution in [3.05, 3.63) is 72.3 Å². The molecule has 0 aromatic heterocycles. The van der Waals surface area contributed by atoms with Gasteiger partial charge in [-0.3, -0.25) is 4.79 Å². The van der Waals surface area contributed by atoms with Crippen LogP contribution < -0.4 is 10.6 Å². The summed E-state index contributed by atoms with van der Waals surface area (Å²) in [5.41, 5.74) is 4.45. The van der Waals surface area contributed by atoms with E-state index in [9.17, 15) is 19.5 Å². The average Bonchev–Trinajstić information content (AvgIpc) is 3.16. The highest BCUT2D eigenvalue weighted by Gasteiger charge is 2.30. The van der Waals surface area contributed by atoms with Crippen LogP contribution in [0.15, 0.2) is 61.2 Å². The molecule has 0 saturated carbocycles. The molecule has 2 amide bonds. The lowest BCUT2D eigenvalue weighted by atomic mass is 9.98. The summed E-state index contributed by atoms with van der Waals surface area (Å²) >= 11 is 1.53. The van der Waals surface area contributed by atoms with Gasteiger partial charge in [0.2, 0.25) is 5.91 Å². The minimum Gasteiger partial charge on any atom is -0.480 e. The molecule has 1 unspecified atom stereocenters. The molecule has 8 heteroatoms. The number of carboxylic acid groups (broad SMARTS) is 1. The fourth-order valence-corrected chi connectivity index (χ4v) is 4.57. The highest BCUT2D eigenvalue weighted by molar-refractivity contribution is 7.98. The van der Waals surface area contributed by atoms with E-state index in [4.69, 9.17) is 4.74 Å². The number of rotatable bonds is 12. The predicted molar refractivity (Wildman–Crippen MR) is 134 cm³/mol. The maximum absolute atomic E-state index is 12.8. The summed E-state index contributed by atoms with van der Waals surface area (Å²) in [6, 6.07) is 14.1. The number of carbonyl (C=O) groups is 3. The summed E-state index contributed by atoms with van der Waals surface area (Å²) in [6.07, 6.45) is 3.82. The lowest BCUT2D eigenvalue weighted by molar-refractivity contribution is -0.142. The zero-order chi connectivity index (χ0) is 24.5. The third kappa shape index (κ3) is 6.20. The molecule has 0 bridgehead atoms. The second-order valence-corrected chi connectivity index (χ2v) is 9.05. The topological polar surface area (TPSA) is 105 Å². The van der Waals surface area contributed by atoms with Gasteiger partial charge in [-0.15, -0.1) is 6.58 Å². The molecule has 3 N–H and O–H groups in total. The summed E-state index contributed by atoms with van der Waals surface area (Å²) in [6.45, 7) is 3.72. The second-order valence-electron chi connectivity index (χ2n) is 8.07. The van der Waals surface area contributed by atoms with E-state index in [-0.39, 0.29) is 18.9 Å². The number of fused-ring (bicyclic) bond motifs is 3. The van der Waals surface area contributed by atoms with Gasteiger partial charge in [0, 0.05) is 5.92 Å². The van der Waals surface area contributed by atoms with E-state index in [2.05, 4.69) is 29.3 Å². The number of carbonyl (C=O) groups excluding carboxylic acids is 2. The summed E-state index contributed by atoms with van der Waals surface area (Å²) in [4.78, 5) is 36.9. The molecule has 3 rings (SSSR count). The van der Waals surface area contributed by atoms with Crippen molar-refractivity contribution in [3.8, 4) is 11.1 Å². The largest absolute Gasteiger partial charge is 0.480 e. The molecular weight excluding hydrogens is 452 g/mol. The molecule has 0 radical (unpaired) electrons. The Bertz CT molecular complexity index is 996. The van der Waals surface area contributed by atoms with E-state index < -0.39 is 30.1 Å². The van der Waals surface area contributed by atoms with Crippen molar-refractivity contribution in [2.75, 3.05) is 18.6 Å². The molecule has 2 aromatic carbocycles. The Kier molecular flexibility index (Phi) is 9.16. The highest BCUT2D eigenvalue weighted by atomic mass is 32.2. The van der Waals surface area contributed by atoms with Crippen LogP contribution in [-0.2, 0) is 14.3 Å². The zero-order valence-electron chi connectivity index (χ0n) is 19.2. The molecule has 2 atom stereocenters. The number of nitrogens with one attached hydrogen (secondary N) is 2. The van der Waals surface area contributed by atoms with E-state index >= 15 is 0 Å². The Balaban J connectivity index is 1.64. The average molecular weight is 483 g/mol. The van der Waals surface area contributed by atoms with E-state index in [1.54, 1.807) is 6.08 Å². The summed E-state index contributed by atoms with van der Waals surface area (Å²) in [7, 11) is 0. The summed E-state index contributed by atoms with van der Waals surface area (Å²) in [5, 5.41) is 14.5. The number of allylic oxidation sites excluding steroid dienone is 1. The first kappa shape index (κ1) is 25.4. The van der Waals surface area contributed by atoms with Gasteiger partial charge in [0.05, 0.1) is 0 Å². The molecule has 0 heterocycles. The van der Waals surface area contributed by atoms with Crippen LogP contribution in [0.2, 0.25) is 0 Å². The number of ether oxygens (including phenoxy) is 1. The number of benzene rings is 2. The lowest BCUT2D eigenvalue weighted by Crippen LogP contribution is -2.52. The number of alkyl carbamates (subject to hydrolysis) is 1. The van der Waals surface area contributed by atoms with Crippen LogP contribution in [0.1, 0.15) is 36.3 Å². The standard InChI is InChI=1S/C26H30N2O5S/c1-3-4-13-23(25(30)31)27-24(29)22(14-15-34-2)28-26(32)33-16-21-19-11-7-5-9-17(19)18-10-6-8-12-20(18)21/h3,5-12,21-23H,1,4,13-16H2,2H3,(H,27,29)(H,28,32)(H,30,31)/t22-,23?/m1/s1. The fraction of sp³-hybridized carbons (Fsp3) is 0.346. The Labute approximate surface area is 204 Å². The van der Waals surface area contributed by atoms with Gasteiger partial charge in [0.15, 0.2) is 0 Å². The molecule has 180 valence electrons. The Morgan fingerprint density at radius 2 is 1.65 bits per heavy atom. The number of hydrogen-bond acceptors (Lipinski definition) is 5. The smallest absolute Gasteiger partial charge is 0.407 e. The Morgan fingerprint density at radius 1 is 1.03 bits per heavy atom. The van der Waals surface area contributed by atoms with Crippen molar-refractivity contribution < 1.29 is 24.2 Å². The van der Waals surface area contributed by atoms with Crippen LogP contribution in [0.3, 0.4) is 0 Å². The third-order valence-electron chi connectivity index (χ3n) is 5.84. The zero-order valence-corrected chi connectivity index (χ0v) is 20.0. The number of aliphatic carboxylic acids is 1. The number of thioether (sulfide) groups is 1. The van der Waals surface area contributed by atoms with Crippen molar-refractivity contribution >= 4 is 29.7 Å². The molecule has 0 saturated heterocycles. The summed E-state index contributed by atoms with van der Waals surface area (Å²) in [5.74, 6) is -1.14. The maximum atomic E-state index is 12.8. The minimum atomic E-state index is -1.13. The number of amides is 2. The van der Waals surface area contributed by atoms with Crippen molar-refractivity contribution in [1.29, 1.82) is 0 Å². The molecule has 0 aliphatic heterocycles. The Morgan fingerprint density at radius 3 is 2.21 bits per heavy atom. The third-order valence-corrected chi connectivity index (χ3v) is 6.48. The van der Waals surface area contributed by atoms with Gasteiger partial charge in [0.25, 0.3) is 0 Å². The van der Waals surface area contributed by atoms with Crippen LogP contribution >= 0.6 is 11.8 Å². The second kappa shape index (κ2) is 12.3. The van der Waals surface area contributed by atoms with Crippen LogP contribution in [0, 0.1) is 0 Å². The first-order valence-electron chi connectivity index (χ1n) is 11.2. The van der Waals surface area contributed by atoms with Gasteiger partial charge in [-0.05, 0) is 53.5 Å². The van der Waals surface area contributed by atoms with E-state index in [1.807, 2.05) is 42.7 Å². The van der Waals surface area contributed by atoms with Crippen LogP contribution in [-0.4, -0.2) is 53.8 Å². The van der Waals surface area contributed by atoms with Crippen molar-refractivity contribution in [1.82, 2.24) is 10.6 Å². The summed E-state index contributed by atoms with van der Waals surface area (Å²) < 4.78 is 5.55. The molecular formula is C26H30N2O5S. The van der Waals surface area contributed by atoms with Gasteiger partial charge in [0.1, 0.15) is 18.7 Å². The molecule has 2 aromatic rings. The first-order valence-corrected chi connectivity index (χ1v) is 12.6. The van der Waals surface area contributed by atoms with Crippen LogP contribution in [0.25, 0.3) is 11.1 Å². The van der Waals surface area contributed by atoms with E-state index in [0.717, 1.165) is 22.3 Å². The number of hydrogen-bond donors (Lipinski definition) is 3. The van der Waals surface area contributed by atoms with Gasteiger partial charge < -0.3 is 20.5 Å². The van der Waals surface area contributed by atoms with Gasteiger partial charge in [-0.1, -0.05) is 54.6 Å². The molecule has 1 aliphatic rings.